The highest BCUT2D eigenvalue weighted by atomic mass is 32.2. The molecule has 2 rings (SSSR count). The fourth-order valence-electron chi connectivity index (χ4n) is 0.779. The minimum atomic E-state index is 0.480. The van der Waals surface area contributed by atoms with Gasteiger partial charge in [0.1, 0.15) is 0 Å². The summed E-state index contributed by atoms with van der Waals surface area (Å²) in [6.45, 7) is 0. The van der Waals surface area contributed by atoms with Gasteiger partial charge < -0.3 is 0 Å². The summed E-state index contributed by atoms with van der Waals surface area (Å²) >= 11 is 2.91. The predicted molar refractivity (Wildman–Crippen MR) is 53.7 cm³/mol. The second kappa shape index (κ2) is 4.30. The number of hydrogen-bond donors (Lipinski definition) is 0. The second-order valence-electron chi connectivity index (χ2n) is 2.32. The van der Waals surface area contributed by atoms with Crippen LogP contribution in [0, 0.1) is 0 Å². The fraction of sp³-hybridized carbons (Fsp3) is 0. The first-order valence-electron chi connectivity index (χ1n) is 3.73. The lowest BCUT2D eigenvalue weighted by Gasteiger charge is -1.94. The number of thiazole rings is 1. The van der Waals surface area contributed by atoms with Crippen LogP contribution >= 0.6 is 23.1 Å². The van der Waals surface area contributed by atoms with Crippen molar-refractivity contribution in [3.63, 3.8) is 0 Å². The number of carbonyl (C=O) groups excluding carboxylic acids is 1. The lowest BCUT2D eigenvalue weighted by atomic mass is 10.4. The van der Waals surface area contributed by atoms with E-state index in [4.69, 9.17) is 0 Å². The van der Waals surface area contributed by atoms with Crippen molar-refractivity contribution in [3.8, 4) is 0 Å². The van der Waals surface area contributed by atoms with Gasteiger partial charge in [-0.1, -0.05) is 0 Å². The molecule has 0 aliphatic rings. The molecular weight excluding hydrogens is 218 g/mol. The molecule has 2 aromatic rings. The van der Waals surface area contributed by atoms with E-state index < -0.39 is 0 Å². The van der Waals surface area contributed by atoms with Crippen LogP contribution in [-0.2, 0) is 0 Å². The molecule has 0 fully saturated rings. The molecule has 0 atom stereocenters. The van der Waals surface area contributed by atoms with Gasteiger partial charge in [-0.2, -0.15) is 0 Å². The van der Waals surface area contributed by atoms with Crippen molar-refractivity contribution in [1.82, 2.24) is 15.0 Å². The molecule has 14 heavy (non-hydrogen) atoms. The Balaban J connectivity index is 2.14. The molecule has 2 heterocycles. The number of rotatable bonds is 3. The number of aldehydes is 1. The number of aromatic nitrogens is 3. The maximum absolute atomic E-state index is 10.3. The van der Waals surface area contributed by atoms with Crippen molar-refractivity contribution in [2.24, 2.45) is 0 Å². The number of carbonyl (C=O) groups is 1. The summed E-state index contributed by atoms with van der Waals surface area (Å²) in [7, 11) is 0. The smallest absolute Gasteiger partial charge is 0.194 e. The van der Waals surface area contributed by atoms with E-state index in [0.717, 1.165) is 10.6 Å². The summed E-state index contributed by atoms with van der Waals surface area (Å²) in [5.74, 6) is 0. The monoisotopic (exact) mass is 223 g/mol. The summed E-state index contributed by atoms with van der Waals surface area (Å²) in [6, 6.07) is 0. The standard InChI is InChI=1S/C8H5N3OS2/c12-5-6-3-10-7(11-4-6)14-8-9-1-2-13-8/h1-5H. The van der Waals surface area contributed by atoms with Gasteiger partial charge in [-0.25, -0.2) is 15.0 Å². The van der Waals surface area contributed by atoms with Gasteiger partial charge >= 0.3 is 0 Å². The molecule has 0 unspecified atom stereocenters. The molecule has 0 saturated heterocycles. The third-order valence-electron chi connectivity index (χ3n) is 1.37. The Labute approximate surface area is 88.4 Å². The van der Waals surface area contributed by atoms with Crippen LogP contribution in [-0.4, -0.2) is 21.2 Å². The lowest BCUT2D eigenvalue weighted by Crippen LogP contribution is -1.88. The summed E-state index contributed by atoms with van der Waals surface area (Å²) in [4.78, 5) is 22.4. The lowest BCUT2D eigenvalue weighted by molar-refractivity contribution is 0.112. The second-order valence-corrected chi connectivity index (χ2v) is 4.43. The van der Waals surface area contributed by atoms with Gasteiger partial charge in [0.15, 0.2) is 15.8 Å². The minimum Gasteiger partial charge on any atom is -0.298 e. The zero-order chi connectivity index (χ0) is 9.80. The largest absolute Gasteiger partial charge is 0.298 e. The van der Waals surface area contributed by atoms with Crippen molar-refractivity contribution in [3.05, 3.63) is 29.5 Å². The van der Waals surface area contributed by atoms with Crippen molar-refractivity contribution in [2.45, 2.75) is 9.50 Å². The molecule has 0 bridgehead atoms. The molecule has 0 aliphatic heterocycles. The van der Waals surface area contributed by atoms with E-state index in [1.807, 2.05) is 5.38 Å². The van der Waals surface area contributed by atoms with E-state index in [-0.39, 0.29) is 0 Å². The van der Waals surface area contributed by atoms with Gasteiger partial charge in [-0.05, 0) is 11.8 Å². The zero-order valence-corrected chi connectivity index (χ0v) is 8.59. The molecule has 0 aliphatic carbocycles. The molecule has 0 radical (unpaired) electrons. The average molecular weight is 223 g/mol. The summed E-state index contributed by atoms with van der Waals surface area (Å²) in [5.41, 5.74) is 0.480. The Kier molecular flexibility index (Phi) is 2.85. The first-order chi connectivity index (χ1) is 6.88. The quantitative estimate of drug-likeness (QED) is 0.587. The van der Waals surface area contributed by atoms with Crippen LogP contribution < -0.4 is 0 Å². The van der Waals surface area contributed by atoms with Crippen molar-refractivity contribution < 1.29 is 4.79 Å². The predicted octanol–water partition coefficient (Wildman–Crippen LogP) is 1.90. The van der Waals surface area contributed by atoms with Gasteiger partial charge in [-0.15, -0.1) is 11.3 Å². The van der Waals surface area contributed by atoms with Gasteiger partial charge in [0, 0.05) is 24.0 Å². The Hall–Kier alpha value is -1.27. The molecular formula is C8H5N3OS2. The molecule has 0 saturated carbocycles. The van der Waals surface area contributed by atoms with Crippen LogP contribution in [0.15, 0.2) is 33.5 Å². The third kappa shape index (κ3) is 2.15. The third-order valence-corrected chi connectivity index (χ3v) is 3.15. The maximum Gasteiger partial charge on any atom is 0.194 e. The minimum absolute atomic E-state index is 0.480. The van der Waals surface area contributed by atoms with Gasteiger partial charge in [0.2, 0.25) is 0 Å². The Morgan fingerprint density at radius 2 is 2.07 bits per heavy atom. The number of nitrogens with zero attached hydrogens (tertiary/aromatic N) is 3. The SMILES string of the molecule is O=Cc1cnc(Sc2nccs2)nc1. The Morgan fingerprint density at radius 3 is 2.64 bits per heavy atom. The Morgan fingerprint density at radius 1 is 1.29 bits per heavy atom. The molecule has 4 nitrogen and oxygen atoms in total. The van der Waals surface area contributed by atoms with E-state index in [1.54, 1.807) is 6.20 Å². The summed E-state index contributed by atoms with van der Waals surface area (Å²) in [6.07, 6.45) is 5.44. The average Bonchev–Trinajstić information content (AvgIpc) is 2.72. The maximum atomic E-state index is 10.3. The first-order valence-corrected chi connectivity index (χ1v) is 5.42. The van der Waals surface area contributed by atoms with Crippen LogP contribution in [0.25, 0.3) is 0 Å². The highest BCUT2D eigenvalue weighted by Crippen LogP contribution is 2.25. The molecule has 0 N–H and O–H groups in total. The van der Waals surface area contributed by atoms with Crippen molar-refractivity contribution in [2.75, 3.05) is 0 Å². The van der Waals surface area contributed by atoms with Gasteiger partial charge in [-0.3, -0.25) is 4.79 Å². The van der Waals surface area contributed by atoms with Crippen molar-refractivity contribution in [1.29, 1.82) is 0 Å². The van der Waals surface area contributed by atoms with E-state index in [2.05, 4.69) is 15.0 Å². The topological polar surface area (TPSA) is 55.7 Å². The molecule has 0 aromatic carbocycles. The van der Waals surface area contributed by atoms with Crippen LogP contribution in [0.3, 0.4) is 0 Å². The molecule has 6 heteroatoms. The van der Waals surface area contributed by atoms with Crippen LogP contribution in [0.4, 0.5) is 0 Å². The van der Waals surface area contributed by atoms with Crippen molar-refractivity contribution >= 4 is 29.4 Å². The Bertz CT molecular complexity index is 413. The zero-order valence-electron chi connectivity index (χ0n) is 6.95. The molecule has 0 spiro atoms. The summed E-state index contributed by atoms with van der Waals surface area (Å²) < 4.78 is 0.892. The first kappa shape index (κ1) is 9.29. The fourth-order valence-corrected chi connectivity index (χ4v) is 2.20. The number of hydrogen-bond acceptors (Lipinski definition) is 6. The van der Waals surface area contributed by atoms with Crippen LogP contribution in [0.5, 0.6) is 0 Å². The van der Waals surface area contributed by atoms with Gasteiger partial charge in [0.05, 0.1) is 5.56 Å². The van der Waals surface area contributed by atoms with E-state index >= 15 is 0 Å². The van der Waals surface area contributed by atoms with E-state index in [9.17, 15) is 4.79 Å². The van der Waals surface area contributed by atoms with E-state index in [1.165, 1.54) is 35.5 Å². The molecule has 70 valence electrons. The summed E-state index contributed by atoms with van der Waals surface area (Å²) in [5, 5.41) is 2.49. The van der Waals surface area contributed by atoms with Crippen LogP contribution in [0.1, 0.15) is 10.4 Å². The van der Waals surface area contributed by atoms with E-state index in [0.29, 0.717) is 10.7 Å². The molecule has 2 aromatic heterocycles. The highest BCUT2D eigenvalue weighted by molar-refractivity contribution is 8.00. The van der Waals surface area contributed by atoms with Crippen LogP contribution in [0.2, 0.25) is 0 Å². The normalized spacial score (nSPS) is 10.0. The molecule has 0 amide bonds. The van der Waals surface area contributed by atoms with Gasteiger partial charge in [0.25, 0.3) is 0 Å². The highest BCUT2D eigenvalue weighted by Gasteiger charge is 2.02.